The van der Waals surface area contributed by atoms with Gasteiger partial charge in [0.1, 0.15) is 17.8 Å². The first kappa shape index (κ1) is 28.5. The molecule has 11 heteroatoms. The van der Waals surface area contributed by atoms with Crippen LogP contribution in [0.4, 0.5) is 4.79 Å². The van der Waals surface area contributed by atoms with E-state index in [-0.39, 0.29) is 19.6 Å². The van der Waals surface area contributed by atoms with Gasteiger partial charge in [0.25, 0.3) is 0 Å². The molecule has 3 heterocycles. The number of ether oxygens (including phenoxy) is 5. The summed E-state index contributed by atoms with van der Waals surface area (Å²) in [4.78, 5) is 28.1. The van der Waals surface area contributed by atoms with E-state index in [0.29, 0.717) is 0 Å². The molecule has 0 saturated carbocycles. The molecule has 0 bridgehead atoms. The van der Waals surface area contributed by atoms with Crippen LogP contribution in [0.25, 0.3) is 0 Å². The molecular formula is C24H43NO9Si. The number of carbonyl (C=O) groups is 2. The number of hydrogen-bond acceptors (Lipinski definition) is 9. The molecule has 202 valence electrons. The van der Waals surface area contributed by atoms with Crippen LogP contribution >= 0.6 is 0 Å². The minimum absolute atomic E-state index is 0.150. The van der Waals surface area contributed by atoms with Gasteiger partial charge in [0.15, 0.2) is 19.9 Å². The fraction of sp³-hybridized carbons (Fsp3) is 0.917. The first-order chi connectivity index (χ1) is 15.8. The van der Waals surface area contributed by atoms with Gasteiger partial charge < -0.3 is 33.2 Å². The maximum atomic E-state index is 13.7. The lowest BCUT2D eigenvalue weighted by atomic mass is 9.92. The van der Waals surface area contributed by atoms with Crippen LogP contribution < -0.4 is 0 Å². The third kappa shape index (κ3) is 7.03. The second kappa shape index (κ2) is 9.66. The summed E-state index contributed by atoms with van der Waals surface area (Å²) in [5.74, 6) is -3.09. The summed E-state index contributed by atoms with van der Waals surface area (Å²) in [6.07, 6.45) is -3.60. The van der Waals surface area contributed by atoms with E-state index in [9.17, 15) is 14.7 Å². The van der Waals surface area contributed by atoms with Crippen LogP contribution in [0.1, 0.15) is 54.9 Å². The van der Waals surface area contributed by atoms with Crippen molar-refractivity contribution in [2.75, 3.05) is 13.2 Å². The Hall–Kier alpha value is -1.08. The van der Waals surface area contributed by atoms with Gasteiger partial charge in [-0.2, -0.15) is 0 Å². The van der Waals surface area contributed by atoms with E-state index < -0.39 is 73.9 Å². The number of imide groups is 1. The van der Waals surface area contributed by atoms with Crippen LogP contribution in [0.2, 0.25) is 19.6 Å². The summed E-state index contributed by atoms with van der Waals surface area (Å²) in [7, 11) is -2.16. The molecule has 2 amide bonds. The topological polar surface area (TPSA) is 113 Å². The molecule has 6 atom stereocenters. The van der Waals surface area contributed by atoms with Crippen molar-refractivity contribution in [3.63, 3.8) is 0 Å². The number of rotatable bonds is 6. The van der Waals surface area contributed by atoms with Crippen molar-refractivity contribution in [1.29, 1.82) is 0 Å². The Kier molecular flexibility index (Phi) is 7.86. The summed E-state index contributed by atoms with van der Waals surface area (Å²) < 4.78 is 35.5. The second-order valence-corrected chi connectivity index (χ2v) is 17.0. The number of hydrogen-bond donors (Lipinski definition) is 1. The van der Waals surface area contributed by atoms with Crippen LogP contribution in [0.15, 0.2) is 0 Å². The Morgan fingerprint density at radius 1 is 1.06 bits per heavy atom. The Bertz CT molecular complexity index is 804. The quantitative estimate of drug-likeness (QED) is 0.531. The van der Waals surface area contributed by atoms with Crippen molar-refractivity contribution < 1.29 is 42.8 Å². The Labute approximate surface area is 209 Å². The van der Waals surface area contributed by atoms with E-state index in [1.54, 1.807) is 34.6 Å². The molecule has 10 nitrogen and oxygen atoms in total. The molecule has 0 aromatic rings. The van der Waals surface area contributed by atoms with E-state index in [2.05, 4.69) is 0 Å². The highest BCUT2D eigenvalue weighted by Crippen LogP contribution is 2.39. The van der Waals surface area contributed by atoms with Crippen LogP contribution in [-0.4, -0.2) is 91.2 Å². The lowest BCUT2D eigenvalue weighted by Crippen LogP contribution is -2.55. The molecule has 0 radical (unpaired) electrons. The highest BCUT2D eigenvalue weighted by molar-refractivity contribution is 6.69. The van der Waals surface area contributed by atoms with Crippen LogP contribution in [0.5, 0.6) is 0 Å². The highest BCUT2D eigenvalue weighted by atomic mass is 28.4. The monoisotopic (exact) mass is 517 g/mol. The molecule has 3 aliphatic rings. The van der Waals surface area contributed by atoms with Gasteiger partial charge in [-0.3, -0.25) is 4.79 Å². The van der Waals surface area contributed by atoms with Crippen LogP contribution in [-0.2, 0) is 32.9 Å². The van der Waals surface area contributed by atoms with E-state index >= 15 is 0 Å². The van der Waals surface area contributed by atoms with Crippen molar-refractivity contribution in [3.05, 3.63) is 0 Å². The Balaban J connectivity index is 1.95. The molecule has 1 N–H and O–H groups in total. The maximum Gasteiger partial charge on any atom is 0.417 e. The third-order valence-electron chi connectivity index (χ3n) is 6.06. The molecule has 3 rings (SSSR count). The predicted molar refractivity (Wildman–Crippen MR) is 129 cm³/mol. The van der Waals surface area contributed by atoms with Crippen molar-refractivity contribution in [2.24, 2.45) is 5.92 Å². The van der Waals surface area contributed by atoms with Crippen molar-refractivity contribution in [1.82, 2.24) is 4.90 Å². The minimum atomic E-state index is -2.16. The summed E-state index contributed by atoms with van der Waals surface area (Å²) in [6, 6.07) is -0.707. The molecule has 0 spiro atoms. The molecule has 0 unspecified atom stereocenters. The number of nitrogens with zero attached hydrogens (tertiary/aromatic N) is 1. The minimum Gasteiger partial charge on any atom is -0.443 e. The summed E-state index contributed by atoms with van der Waals surface area (Å²) >= 11 is 0. The Morgan fingerprint density at radius 3 is 2.00 bits per heavy atom. The molecular weight excluding hydrogens is 474 g/mol. The normalized spacial score (nSPS) is 32.7. The molecule has 0 aromatic carbocycles. The van der Waals surface area contributed by atoms with Crippen molar-refractivity contribution in [3.8, 4) is 0 Å². The average molecular weight is 518 g/mol. The fourth-order valence-electron chi connectivity index (χ4n) is 4.74. The van der Waals surface area contributed by atoms with Crippen molar-refractivity contribution >= 4 is 20.3 Å². The number of aliphatic hydroxyl groups is 1. The standard InChI is InChI=1S/C24H43NO9Si/c1-22(2,3)33-21(28)25-15(19(34-35(8,9)10)17-13-30-24(6,7)32-17)11-14(20(25)27)18(26)16-12-29-23(4,5)31-16/h14-19,26H,11-13H2,1-10H3/t14-,15+,16-,17+,18-,19-/m0/s1. The SMILES string of the molecule is CC(C)(C)OC(=O)N1C(=O)[C@H]([C@H](O)[C@@H]2COC(C)(C)O2)C[C@@H]1[C@H](O[Si](C)(C)C)[C@H]1COC(C)(C)O1. The molecule has 3 fully saturated rings. The number of carbonyl (C=O) groups excluding carboxylic acids is 2. The highest BCUT2D eigenvalue weighted by Gasteiger charge is 2.56. The van der Waals surface area contributed by atoms with Crippen LogP contribution in [0.3, 0.4) is 0 Å². The van der Waals surface area contributed by atoms with E-state index in [4.69, 9.17) is 28.1 Å². The zero-order chi connectivity index (χ0) is 26.6. The molecule has 35 heavy (non-hydrogen) atoms. The number of likely N-dealkylation sites (tertiary alicyclic amines) is 1. The maximum absolute atomic E-state index is 13.7. The van der Waals surface area contributed by atoms with Gasteiger partial charge in [0, 0.05) is 0 Å². The molecule has 3 saturated heterocycles. The van der Waals surface area contributed by atoms with Crippen LogP contribution in [0, 0.1) is 5.92 Å². The predicted octanol–water partition coefficient (Wildman–Crippen LogP) is 3.02. The molecule has 0 aliphatic carbocycles. The average Bonchev–Trinajstić information content (AvgIpc) is 3.31. The van der Waals surface area contributed by atoms with Gasteiger partial charge in [0.05, 0.1) is 37.4 Å². The first-order valence-electron chi connectivity index (χ1n) is 12.3. The lowest BCUT2D eigenvalue weighted by molar-refractivity contribution is -0.159. The van der Waals surface area contributed by atoms with Gasteiger partial charge in [-0.05, 0) is 74.5 Å². The Morgan fingerprint density at radius 2 is 1.57 bits per heavy atom. The second-order valence-electron chi connectivity index (χ2n) is 12.5. The van der Waals surface area contributed by atoms with Gasteiger partial charge >= 0.3 is 6.09 Å². The fourth-order valence-corrected chi connectivity index (χ4v) is 5.87. The summed E-state index contributed by atoms with van der Waals surface area (Å²) in [5, 5.41) is 11.2. The van der Waals surface area contributed by atoms with Crippen molar-refractivity contribution in [2.45, 2.75) is 122 Å². The van der Waals surface area contributed by atoms with E-state index in [0.717, 1.165) is 4.90 Å². The molecule has 0 aromatic heterocycles. The lowest BCUT2D eigenvalue weighted by Gasteiger charge is -2.37. The summed E-state index contributed by atoms with van der Waals surface area (Å²) in [5.41, 5.74) is -0.810. The van der Waals surface area contributed by atoms with E-state index in [1.165, 1.54) is 0 Å². The smallest absolute Gasteiger partial charge is 0.417 e. The third-order valence-corrected chi connectivity index (χ3v) is 7.04. The van der Waals surface area contributed by atoms with E-state index in [1.807, 2.05) is 33.5 Å². The number of amides is 2. The summed E-state index contributed by atoms with van der Waals surface area (Å²) in [6.45, 7) is 18.9. The first-order valence-corrected chi connectivity index (χ1v) is 15.7. The van der Waals surface area contributed by atoms with Gasteiger partial charge in [-0.15, -0.1) is 0 Å². The molecule has 3 aliphatic heterocycles. The zero-order valence-corrected chi connectivity index (χ0v) is 23.7. The van der Waals surface area contributed by atoms with Gasteiger partial charge in [-0.25, -0.2) is 9.69 Å². The largest absolute Gasteiger partial charge is 0.443 e. The van der Waals surface area contributed by atoms with Gasteiger partial charge in [-0.1, -0.05) is 0 Å². The zero-order valence-electron chi connectivity index (χ0n) is 22.7. The number of aliphatic hydroxyl groups excluding tert-OH is 1. The van der Waals surface area contributed by atoms with Gasteiger partial charge in [0.2, 0.25) is 5.91 Å².